The van der Waals surface area contributed by atoms with Crippen LogP contribution in [0.3, 0.4) is 0 Å². The minimum Gasteiger partial charge on any atom is -0.353 e. The maximum Gasteiger partial charge on any atom is 0.417 e. The van der Waals surface area contributed by atoms with E-state index >= 15 is 0 Å². The van der Waals surface area contributed by atoms with Crippen LogP contribution in [-0.4, -0.2) is 43.2 Å². The Morgan fingerprint density at radius 3 is 2.68 bits per heavy atom. The lowest BCUT2D eigenvalue weighted by Crippen LogP contribution is -2.45. The van der Waals surface area contributed by atoms with Gasteiger partial charge in [0, 0.05) is 38.4 Å². The zero-order valence-electron chi connectivity index (χ0n) is 14.1. The van der Waals surface area contributed by atoms with Gasteiger partial charge in [-0.1, -0.05) is 18.5 Å². The van der Waals surface area contributed by atoms with Gasteiger partial charge in [0.1, 0.15) is 5.82 Å². The van der Waals surface area contributed by atoms with Gasteiger partial charge in [0.15, 0.2) is 5.96 Å². The second-order valence-corrected chi connectivity index (χ2v) is 7.05. The number of rotatable bonds is 3. The average Bonchev–Trinajstić information content (AvgIpc) is 3.05. The molecule has 1 saturated heterocycles. The number of aliphatic imine (C=N–C) groups is 1. The highest BCUT2D eigenvalue weighted by molar-refractivity contribution is 6.33. The highest BCUT2D eigenvalue weighted by Crippen LogP contribution is 2.34. The summed E-state index contributed by atoms with van der Waals surface area (Å²) in [6, 6.07) is 1.54. The van der Waals surface area contributed by atoms with Gasteiger partial charge in [-0.15, -0.1) is 0 Å². The van der Waals surface area contributed by atoms with Gasteiger partial charge in [-0.3, -0.25) is 4.99 Å². The molecule has 0 amide bonds. The molecule has 2 fully saturated rings. The number of anilines is 1. The summed E-state index contributed by atoms with van der Waals surface area (Å²) in [4.78, 5) is 10.1. The zero-order valence-corrected chi connectivity index (χ0v) is 14.8. The first-order chi connectivity index (χ1) is 11.8. The van der Waals surface area contributed by atoms with E-state index in [0.29, 0.717) is 30.9 Å². The molecule has 9 heteroatoms. The van der Waals surface area contributed by atoms with Crippen LogP contribution >= 0.6 is 11.6 Å². The largest absolute Gasteiger partial charge is 0.417 e. The van der Waals surface area contributed by atoms with Crippen LogP contribution in [0.25, 0.3) is 0 Å². The Bertz CT molecular complexity index is 664. The number of nitrogens with zero attached hydrogens (tertiary/aromatic N) is 3. The first-order valence-electron chi connectivity index (χ1n) is 8.25. The third kappa shape index (κ3) is 4.29. The second kappa shape index (κ2) is 6.90. The number of halogens is 4. The lowest BCUT2D eigenvalue weighted by Gasteiger charge is -2.21. The Labute approximate surface area is 149 Å². The molecule has 1 aromatic rings. The van der Waals surface area contributed by atoms with Crippen molar-refractivity contribution in [3.8, 4) is 0 Å². The lowest BCUT2D eigenvalue weighted by atomic mass is 10.2. The molecule has 0 aromatic carbocycles. The van der Waals surface area contributed by atoms with Gasteiger partial charge in [0.2, 0.25) is 0 Å². The fraction of sp³-hybridized carbons (Fsp3) is 0.625. The zero-order chi connectivity index (χ0) is 18.2. The normalized spacial score (nSPS) is 26.7. The van der Waals surface area contributed by atoms with Crippen LogP contribution in [0.4, 0.5) is 19.0 Å². The van der Waals surface area contributed by atoms with Crippen LogP contribution in [0, 0.1) is 5.92 Å². The van der Waals surface area contributed by atoms with Gasteiger partial charge < -0.3 is 15.5 Å². The van der Waals surface area contributed by atoms with Crippen LogP contribution in [0.5, 0.6) is 0 Å². The summed E-state index contributed by atoms with van der Waals surface area (Å²) >= 11 is 6.03. The van der Waals surface area contributed by atoms with Gasteiger partial charge in [-0.2, -0.15) is 13.2 Å². The molecule has 0 radical (unpaired) electrons. The molecular weight excluding hydrogens is 355 g/mol. The van der Waals surface area contributed by atoms with Crippen LogP contribution in [0.15, 0.2) is 17.3 Å². The van der Waals surface area contributed by atoms with Crippen molar-refractivity contribution in [2.24, 2.45) is 10.9 Å². The van der Waals surface area contributed by atoms with Crippen molar-refractivity contribution in [1.29, 1.82) is 0 Å². The topological polar surface area (TPSA) is 52.6 Å². The predicted octanol–water partition coefficient (Wildman–Crippen LogP) is 2.91. The van der Waals surface area contributed by atoms with Gasteiger partial charge in [-0.25, -0.2) is 4.98 Å². The fourth-order valence-corrected chi connectivity index (χ4v) is 3.24. The van der Waals surface area contributed by atoms with Crippen LogP contribution < -0.4 is 15.5 Å². The standard InChI is InChI=1S/C16H21ClF3N5/c1-9-5-13(9)24-15(21-2)23-11-3-4-25(8-11)14-12(17)6-10(7-22-14)16(18,19)20/h6-7,9,11,13H,3-5,8H2,1-2H3,(H2,21,23,24). The van der Waals surface area contributed by atoms with Gasteiger partial charge in [-0.05, 0) is 24.8 Å². The number of hydrogen-bond donors (Lipinski definition) is 2. The van der Waals surface area contributed by atoms with E-state index in [1.54, 1.807) is 7.05 Å². The molecule has 5 nitrogen and oxygen atoms in total. The molecule has 1 aliphatic heterocycles. The number of hydrogen-bond acceptors (Lipinski definition) is 3. The fourth-order valence-electron chi connectivity index (χ4n) is 2.95. The Kier molecular flexibility index (Phi) is 4.99. The van der Waals surface area contributed by atoms with E-state index in [1.165, 1.54) is 0 Å². The highest BCUT2D eigenvalue weighted by atomic mass is 35.5. The third-order valence-corrected chi connectivity index (χ3v) is 4.91. The summed E-state index contributed by atoms with van der Waals surface area (Å²) < 4.78 is 38.1. The van der Waals surface area contributed by atoms with Gasteiger partial charge >= 0.3 is 6.18 Å². The molecule has 1 aromatic heterocycles. The quantitative estimate of drug-likeness (QED) is 0.630. The van der Waals surface area contributed by atoms with Crippen LogP contribution in [0.2, 0.25) is 5.02 Å². The average molecular weight is 376 g/mol. The van der Waals surface area contributed by atoms with E-state index in [0.717, 1.165) is 31.1 Å². The van der Waals surface area contributed by atoms with E-state index in [9.17, 15) is 13.2 Å². The summed E-state index contributed by atoms with van der Waals surface area (Å²) in [6.45, 7) is 3.46. The Hall–Kier alpha value is -1.70. The van der Waals surface area contributed by atoms with Crippen molar-refractivity contribution >= 4 is 23.4 Å². The second-order valence-electron chi connectivity index (χ2n) is 6.64. The van der Waals surface area contributed by atoms with Crippen molar-refractivity contribution < 1.29 is 13.2 Å². The summed E-state index contributed by atoms with van der Waals surface area (Å²) in [5, 5.41) is 6.74. The number of guanidine groups is 1. The summed E-state index contributed by atoms with van der Waals surface area (Å²) in [7, 11) is 1.73. The van der Waals surface area contributed by atoms with E-state index < -0.39 is 11.7 Å². The molecule has 1 saturated carbocycles. The molecule has 0 bridgehead atoms. The van der Waals surface area contributed by atoms with Gasteiger partial charge in [0.25, 0.3) is 0 Å². The van der Waals surface area contributed by atoms with Crippen LogP contribution in [-0.2, 0) is 6.18 Å². The molecule has 3 unspecified atom stereocenters. The number of pyridine rings is 1. The molecule has 0 spiro atoms. The highest BCUT2D eigenvalue weighted by Gasteiger charge is 2.35. The maximum atomic E-state index is 12.7. The SMILES string of the molecule is CN=C(NC1CCN(c2ncc(C(F)(F)F)cc2Cl)C1)NC1CC1C. The minimum atomic E-state index is -4.44. The molecule has 1 aliphatic carbocycles. The first kappa shape index (κ1) is 18.1. The summed E-state index contributed by atoms with van der Waals surface area (Å²) in [5.41, 5.74) is -0.835. The van der Waals surface area contributed by atoms with E-state index in [2.05, 4.69) is 27.5 Å². The van der Waals surface area contributed by atoms with E-state index in [4.69, 9.17) is 11.6 Å². The summed E-state index contributed by atoms with van der Waals surface area (Å²) in [5.74, 6) is 1.80. The molecular formula is C16H21ClF3N5. The lowest BCUT2D eigenvalue weighted by molar-refractivity contribution is -0.137. The molecule has 3 atom stereocenters. The minimum absolute atomic E-state index is 0.0183. The smallest absolute Gasteiger partial charge is 0.353 e. The Morgan fingerprint density at radius 2 is 2.12 bits per heavy atom. The molecule has 25 heavy (non-hydrogen) atoms. The van der Waals surface area contributed by atoms with Crippen molar-refractivity contribution in [2.75, 3.05) is 25.0 Å². The van der Waals surface area contributed by atoms with E-state index in [-0.39, 0.29) is 11.1 Å². The molecule has 2 heterocycles. The number of aromatic nitrogens is 1. The molecule has 3 rings (SSSR count). The monoisotopic (exact) mass is 375 g/mol. The van der Waals surface area contributed by atoms with Crippen molar-refractivity contribution in [2.45, 2.75) is 38.0 Å². The number of alkyl halides is 3. The molecule has 138 valence electrons. The molecule has 2 aliphatic rings. The third-order valence-electron chi connectivity index (χ3n) is 4.63. The van der Waals surface area contributed by atoms with Crippen LogP contribution in [0.1, 0.15) is 25.3 Å². The predicted molar refractivity (Wildman–Crippen MR) is 92.1 cm³/mol. The van der Waals surface area contributed by atoms with Crippen molar-refractivity contribution in [3.63, 3.8) is 0 Å². The van der Waals surface area contributed by atoms with Crippen molar-refractivity contribution in [1.82, 2.24) is 15.6 Å². The Balaban J connectivity index is 1.60. The van der Waals surface area contributed by atoms with E-state index in [1.807, 2.05) is 4.90 Å². The first-order valence-corrected chi connectivity index (χ1v) is 8.63. The van der Waals surface area contributed by atoms with Crippen molar-refractivity contribution in [3.05, 3.63) is 22.8 Å². The Morgan fingerprint density at radius 1 is 1.40 bits per heavy atom. The summed E-state index contributed by atoms with van der Waals surface area (Å²) in [6.07, 6.45) is -1.64. The maximum absolute atomic E-state index is 12.7. The molecule has 2 N–H and O–H groups in total. The number of nitrogens with one attached hydrogen (secondary N) is 2. The van der Waals surface area contributed by atoms with Gasteiger partial charge in [0.05, 0.1) is 10.6 Å².